The average molecular weight is 445 g/mol. The predicted octanol–water partition coefficient (Wildman–Crippen LogP) is 2.58. The summed E-state index contributed by atoms with van der Waals surface area (Å²) in [5.41, 5.74) is 8.12. The summed E-state index contributed by atoms with van der Waals surface area (Å²) in [5.74, 6) is -0.700. The molecule has 166 valence electrons. The van der Waals surface area contributed by atoms with E-state index >= 15 is 0 Å². The van der Waals surface area contributed by atoms with Gasteiger partial charge in [0.05, 0.1) is 35.7 Å². The zero-order chi connectivity index (χ0) is 23.2. The zero-order valence-electron chi connectivity index (χ0n) is 17.9. The Morgan fingerprint density at radius 2 is 2.03 bits per heavy atom. The lowest BCUT2D eigenvalue weighted by Gasteiger charge is -2.27. The van der Waals surface area contributed by atoms with Crippen molar-refractivity contribution in [2.45, 2.75) is 18.9 Å². The first kappa shape index (κ1) is 20.6. The van der Waals surface area contributed by atoms with Crippen molar-refractivity contribution in [3.63, 3.8) is 0 Å². The minimum atomic E-state index is -1.72. The van der Waals surface area contributed by atoms with Crippen molar-refractivity contribution in [1.82, 2.24) is 39.7 Å². The number of nitrogen functional groups attached to an aromatic ring is 1. The highest BCUT2D eigenvalue weighted by Gasteiger charge is 2.35. The average Bonchev–Trinajstić information content (AvgIpc) is 3.44. The number of aromatic nitrogens is 8. The van der Waals surface area contributed by atoms with Gasteiger partial charge in [-0.25, -0.2) is 24.3 Å². The summed E-state index contributed by atoms with van der Waals surface area (Å²) in [5, 5.41) is 15.6. The first-order valence-electron chi connectivity index (χ1n) is 10.2. The molecule has 5 aromatic heterocycles. The number of aliphatic hydroxyl groups is 1. The van der Waals surface area contributed by atoms with Crippen LogP contribution in [0, 0.1) is 5.82 Å². The van der Waals surface area contributed by atoms with Crippen molar-refractivity contribution in [3.05, 3.63) is 66.4 Å². The SMILES string of the molecule is CCC(O)(c1cc(-c2c[nH]c3ncc(-c4cnn(C)c4)nc23)nc(N)n1)c1ccncc1F. The number of nitrogens with one attached hydrogen (secondary N) is 1. The summed E-state index contributed by atoms with van der Waals surface area (Å²) >= 11 is 0. The third-order valence-corrected chi connectivity index (χ3v) is 5.55. The molecule has 0 bridgehead atoms. The highest BCUT2D eigenvalue weighted by molar-refractivity contribution is 5.90. The van der Waals surface area contributed by atoms with Gasteiger partial charge in [-0.1, -0.05) is 6.92 Å². The number of fused-ring (bicyclic) bond motifs is 1. The number of anilines is 1. The van der Waals surface area contributed by atoms with Crippen molar-refractivity contribution >= 4 is 17.1 Å². The summed E-state index contributed by atoms with van der Waals surface area (Å²) in [6.07, 6.45) is 9.53. The van der Waals surface area contributed by atoms with Gasteiger partial charge in [-0.15, -0.1) is 0 Å². The van der Waals surface area contributed by atoms with Gasteiger partial charge < -0.3 is 15.8 Å². The number of hydrogen-bond donors (Lipinski definition) is 3. The van der Waals surface area contributed by atoms with Gasteiger partial charge in [0.15, 0.2) is 5.65 Å². The molecule has 11 heteroatoms. The Hall–Kier alpha value is -4.25. The van der Waals surface area contributed by atoms with Crippen molar-refractivity contribution in [3.8, 4) is 22.5 Å². The topological polar surface area (TPSA) is 144 Å². The quantitative estimate of drug-likeness (QED) is 0.374. The maximum absolute atomic E-state index is 14.5. The normalized spacial score (nSPS) is 13.3. The fourth-order valence-electron chi connectivity index (χ4n) is 3.82. The molecule has 4 N–H and O–H groups in total. The third-order valence-electron chi connectivity index (χ3n) is 5.55. The molecule has 0 aliphatic carbocycles. The number of pyridine rings is 1. The standard InChI is InChI=1S/C22H20FN9O/c1-3-22(33,14-4-5-25-9-15(14)23)18-6-16(30-21(24)31-18)13-8-26-20-19(13)29-17(10-27-20)12-7-28-32(2)11-12/h4-11,33H,3H2,1-2H3,(H,26,27)(H2,24,30,31). The summed E-state index contributed by atoms with van der Waals surface area (Å²) in [6.45, 7) is 1.73. The molecule has 0 saturated heterocycles. The first-order valence-corrected chi connectivity index (χ1v) is 10.2. The van der Waals surface area contributed by atoms with Gasteiger partial charge in [0.25, 0.3) is 0 Å². The second-order valence-electron chi connectivity index (χ2n) is 7.62. The van der Waals surface area contributed by atoms with E-state index in [1.165, 1.54) is 12.3 Å². The number of H-pyrrole nitrogens is 1. The Morgan fingerprint density at radius 3 is 2.76 bits per heavy atom. The van der Waals surface area contributed by atoms with Gasteiger partial charge in [0, 0.05) is 42.3 Å². The highest BCUT2D eigenvalue weighted by Crippen LogP contribution is 2.36. The summed E-state index contributed by atoms with van der Waals surface area (Å²) < 4.78 is 16.2. The molecule has 33 heavy (non-hydrogen) atoms. The number of aryl methyl sites for hydroxylation is 1. The van der Waals surface area contributed by atoms with E-state index in [1.54, 1.807) is 36.3 Å². The van der Waals surface area contributed by atoms with Crippen LogP contribution in [-0.4, -0.2) is 44.8 Å². The molecule has 0 aromatic carbocycles. The fourth-order valence-corrected chi connectivity index (χ4v) is 3.82. The van der Waals surface area contributed by atoms with Gasteiger partial charge in [0.1, 0.15) is 16.9 Å². The van der Waals surface area contributed by atoms with Crippen molar-refractivity contribution in [2.24, 2.45) is 7.05 Å². The lowest BCUT2D eigenvalue weighted by atomic mass is 9.87. The van der Waals surface area contributed by atoms with E-state index in [-0.39, 0.29) is 23.6 Å². The van der Waals surface area contributed by atoms with Crippen LogP contribution in [0.5, 0.6) is 0 Å². The Balaban J connectivity index is 1.66. The molecule has 0 spiro atoms. The first-order chi connectivity index (χ1) is 15.9. The molecule has 0 saturated carbocycles. The maximum Gasteiger partial charge on any atom is 0.220 e. The highest BCUT2D eigenvalue weighted by atomic mass is 19.1. The summed E-state index contributed by atoms with van der Waals surface area (Å²) in [6, 6.07) is 3.01. The second kappa shape index (κ2) is 7.71. The van der Waals surface area contributed by atoms with Crippen LogP contribution in [0.1, 0.15) is 24.6 Å². The van der Waals surface area contributed by atoms with Crippen LogP contribution in [0.3, 0.4) is 0 Å². The van der Waals surface area contributed by atoms with Gasteiger partial charge >= 0.3 is 0 Å². The molecule has 5 rings (SSSR count). The smallest absolute Gasteiger partial charge is 0.220 e. The van der Waals surface area contributed by atoms with E-state index in [4.69, 9.17) is 10.7 Å². The van der Waals surface area contributed by atoms with Crippen LogP contribution < -0.4 is 5.73 Å². The van der Waals surface area contributed by atoms with Crippen LogP contribution in [0.25, 0.3) is 33.7 Å². The molecule has 1 atom stereocenters. The van der Waals surface area contributed by atoms with E-state index in [0.29, 0.717) is 28.1 Å². The summed E-state index contributed by atoms with van der Waals surface area (Å²) in [7, 11) is 1.82. The Morgan fingerprint density at radius 1 is 1.18 bits per heavy atom. The monoisotopic (exact) mass is 445 g/mol. The Labute approximate surface area is 187 Å². The van der Waals surface area contributed by atoms with E-state index in [2.05, 4.69) is 30.0 Å². The zero-order valence-corrected chi connectivity index (χ0v) is 17.9. The second-order valence-corrected chi connectivity index (χ2v) is 7.62. The van der Waals surface area contributed by atoms with E-state index < -0.39 is 11.4 Å². The van der Waals surface area contributed by atoms with E-state index in [0.717, 1.165) is 11.8 Å². The van der Waals surface area contributed by atoms with Crippen LogP contribution in [-0.2, 0) is 12.6 Å². The molecular weight excluding hydrogens is 425 g/mol. The predicted molar refractivity (Wildman–Crippen MR) is 119 cm³/mol. The molecule has 0 amide bonds. The van der Waals surface area contributed by atoms with Crippen molar-refractivity contribution in [2.75, 3.05) is 5.73 Å². The van der Waals surface area contributed by atoms with Crippen LogP contribution in [0.15, 0.2) is 49.3 Å². The fraction of sp³-hybridized carbons (Fsp3) is 0.182. The minimum absolute atomic E-state index is 0.0571. The number of nitrogens with two attached hydrogens (primary N) is 1. The minimum Gasteiger partial charge on any atom is -0.379 e. The largest absolute Gasteiger partial charge is 0.379 e. The van der Waals surface area contributed by atoms with Gasteiger partial charge in [0.2, 0.25) is 5.95 Å². The molecule has 5 aromatic rings. The molecule has 0 radical (unpaired) electrons. The van der Waals surface area contributed by atoms with Crippen molar-refractivity contribution < 1.29 is 9.50 Å². The molecule has 1 unspecified atom stereocenters. The Bertz CT molecular complexity index is 1480. The number of aromatic amines is 1. The number of halogens is 1. The molecule has 0 aliphatic rings. The number of rotatable bonds is 5. The molecule has 10 nitrogen and oxygen atoms in total. The van der Waals surface area contributed by atoms with Gasteiger partial charge in [-0.3, -0.25) is 9.67 Å². The van der Waals surface area contributed by atoms with E-state index in [9.17, 15) is 9.50 Å². The summed E-state index contributed by atoms with van der Waals surface area (Å²) in [4.78, 5) is 24.6. The third kappa shape index (κ3) is 3.48. The lowest BCUT2D eigenvalue weighted by molar-refractivity contribution is 0.0679. The number of nitrogens with zero attached hydrogens (tertiary/aromatic N) is 7. The molecular formula is C22H20FN9O. The maximum atomic E-state index is 14.5. The molecule has 0 fully saturated rings. The lowest BCUT2D eigenvalue weighted by Crippen LogP contribution is -2.29. The Kier molecular flexibility index (Phi) is 4.82. The van der Waals surface area contributed by atoms with Crippen molar-refractivity contribution in [1.29, 1.82) is 0 Å². The van der Waals surface area contributed by atoms with Crippen LogP contribution in [0.2, 0.25) is 0 Å². The number of hydrogen-bond acceptors (Lipinski definition) is 8. The molecule has 0 aliphatic heterocycles. The molecule has 5 heterocycles. The van der Waals surface area contributed by atoms with E-state index in [1.807, 2.05) is 13.2 Å². The van der Waals surface area contributed by atoms with Crippen LogP contribution in [0.4, 0.5) is 10.3 Å². The van der Waals surface area contributed by atoms with Gasteiger partial charge in [-0.05, 0) is 18.6 Å². The van der Waals surface area contributed by atoms with Gasteiger partial charge in [-0.2, -0.15) is 5.10 Å². The van der Waals surface area contributed by atoms with Crippen LogP contribution >= 0.6 is 0 Å².